The van der Waals surface area contributed by atoms with E-state index in [0.717, 1.165) is 0 Å². The SMILES string of the molecule is CC(C)(C)OC(=O)NCc1cc(N)ccc1OCCOc1ccc(N)cc1CNC(=O)OC(C)(C)C. The van der Waals surface area contributed by atoms with Gasteiger partial charge in [-0.3, -0.25) is 0 Å². The fourth-order valence-corrected chi connectivity index (χ4v) is 3.02. The maximum atomic E-state index is 12.0. The molecule has 0 aliphatic rings. The van der Waals surface area contributed by atoms with E-state index in [2.05, 4.69) is 10.6 Å². The maximum Gasteiger partial charge on any atom is 0.407 e. The fraction of sp³-hybridized carbons (Fsp3) is 0.462. The third kappa shape index (κ3) is 10.6. The molecule has 0 atom stereocenters. The predicted molar refractivity (Wildman–Crippen MR) is 139 cm³/mol. The van der Waals surface area contributed by atoms with Gasteiger partial charge in [0.25, 0.3) is 0 Å². The van der Waals surface area contributed by atoms with Crippen LogP contribution in [0, 0.1) is 0 Å². The van der Waals surface area contributed by atoms with Crippen LogP contribution in [-0.2, 0) is 22.6 Å². The van der Waals surface area contributed by atoms with Gasteiger partial charge in [0.05, 0.1) is 0 Å². The lowest BCUT2D eigenvalue weighted by molar-refractivity contribution is 0.0511. The van der Waals surface area contributed by atoms with Crippen LogP contribution >= 0.6 is 0 Å². The minimum Gasteiger partial charge on any atom is -0.490 e. The van der Waals surface area contributed by atoms with Crippen molar-refractivity contribution in [1.29, 1.82) is 0 Å². The van der Waals surface area contributed by atoms with Crippen molar-refractivity contribution in [3.63, 3.8) is 0 Å². The summed E-state index contributed by atoms with van der Waals surface area (Å²) in [7, 11) is 0. The third-order valence-corrected chi connectivity index (χ3v) is 4.41. The van der Waals surface area contributed by atoms with E-state index >= 15 is 0 Å². The molecule has 0 unspecified atom stereocenters. The molecular weight excluding hydrogens is 464 g/mol. The molecule has 0 aliphatic heterocycles. The van der Waals surface area contributed by atoms with Crippen molar-refractivity contribution in [2.45, 2.75) is 65.8 Å². The number of carbonyl (C=O) groups is 2. The molecule has 6 N–H and O–H groups in total. The van der Waals surface area contributed by atoms with Crippen LogP contribution in [0.4, 0.5) is 21.0 Å². The molecule has 0 radical (unpaired) electrons. The first-order valence-corrected chi connectivity index (χ1v) is 11.7. The van der Waals surface area contributed by atoms with E-state index < -0.39 is 23.4 Å². The predicted octanol–water partition coefficient (Wildman–Crippen LogP) is 4.36. The number of amides is 2. The molecule has 2 amide bonds. The Hall–Kier alpha value is -3.82. The molecule has 0 bridgehead atoms. The van der Waals surface area contributed by atoms with Crippen molar-refractivity contribution < 1.29 is 28.5 Å². The number of carbonyl (C=O) groups excluding carboxylic acids is 2. The molecular formula is C26H38N4O6. The van der Waals surface area contributed by atoms with Crippen molar-refractivity contribution in [3.8, 4) is 11.5 Å². The van der Waals surface area contributed by atoms with E-state index in [4.69, 9.17) is 30.4 Å². The number of ether oxygens (including phenoxy) is 4. The lowest BCUT2D eigenvalue weighted by Gasteiger charge is -2.20. The molecule has 36 heavy (non-hydrogen) atoms. The molecule has 198 valence electrons. The van der Waals surface area contributed by atoms with Gasteiger partial charge in [-0.2, -0.15) is 0 Å². The topological polar surface area (TPSA) is 147 Å². The van der Waals surface area contributed by atoms with Gasteiger partial charge in [0.2, 0.25) is 0 Å². The summed E-state index contributed by atoms with van der Waals surface area (Å²) < 4.78 is 22.3. The highest BCUT2D eigenvalue weighted by Gasteiger charge is 2.18. The fourth-order valence-electron chi connectivity index (χ4n) is 3.02. The Morgan fingerprint density at radius 1 is 0.694 bits per heavy atom. The number of nitrogen functional groups attached to an aromatic ring is 2. The summed E-state index contributed by atoms with van der Waals surface area (Å²) in [6.07, 6.45) is -1.06. The van der Waals surface area contributed by atoms with Crippen LogP contribution in [0.15, 0.2) is 36.4 Å². The second kappa shape index (κ2) is 12.2. The van der Waals surface area contributed by atoms with Crippen LogP contribution < -0.4 is 31.6 Å². The van der Waals surface area contributed by atoms with Gasteiger partial charge in [-0.1, -0.05) is 0 Å². The van der Waals surface area contributed by atoms with Crippen molar-refractivity contribution >= 4 is 23.6 Å². The Balaban J connectivity index is 1.93. The van der Waals surface area contributed by atoms with Gasteiger partial charge in [0, 0.05) is 35.6 Å². The summed E-state index contributed by atoms with van der Waals surface area (Å²) in [5, 5.41) is 5.41. The summed E-state index contributed by atoms with van der Waals surface area (Å²) >= 11 is 0. The normalized spacial score (nSPS) is 11.4. The molecule has 0 heterocycles. The number of nitrogens with two attached hydrogens (primary N) is 2. The Morgan fingerprint density at radius 2 is 1.06 bits per heavy atom. The van der Waals surface area contributed by atoms with Gasteiger partial charge in [-0.25, -0.2) is 9.59 Å². The van der Waals surface area contributed by atoms with Crippen LogP contribution in [0.3, 0.4) is 0 Å². The largest absolute Gasteiger partial charge is 0.490 e. The first kappa shape index (κ1) is 28.4. The molecule has 10 nitrogen and oxygen atoms in total. The highest BCUT2D eigenvalue weighted by atomic mass is 16.6. The first-order valence-electron chi connectivity index (χ1n) is 11.7. The summed E-state index contributed by atoms with van der Waals surface area (Å²) in [5.74, 6) is 1.13. The number of anilines is 2. The van der Waals surface area contributed by atoms with Gasteiger partial charge in [-0.15, -0.1) is 0 Å². The molecule has 2 aromatic rings. The summed E-state index contributed by atoms with van der Waals surface area (Å²) in [6.45, 7) is 11.6. The van der Waals surface area contributed by atoms with Crippen LogP contribution in [0.1, 0.15) is 52.7 Å². The van der Waals surface area contributed by atoms with Crippen LogP contribution in [0.5, 0.6) is 11.5 Å². The van der Waals surface area contributed by atoms with Gasteiger partial charge in [0.1, 0.15) is 35.9 Å². The maximum absolute atomic E-state index is 12.0. The Labute approximate surface area is 212 Å². The molecule has 0 saturated carbocycles. The standard InChI is InChI=1S/C26H38N4O6/c1-25(2,3)35-23(31)29-15-17-13-19(27)7-9-21(17)33-11-12-34-22-10-8-20(28)14-18(22)16-30-24(32)36-26(4,5)6/h7-10,13-14H,11-12,15-16,27-28H2,1-6H3,(H,29,31)(H,30,32). The van der Waals surface area contributed by atoms with Gasteiger partial charge in [0.15, 0.2) is 0 Å². The summed E-state index contributed by atoms with van der Waals surface area (Å²) in [6, 6.07) is 10.4. The highest BCUT2D eigenvalue weighted by molar-refractivity contribution is 5.68. The number of rotatable bonds is 9. The van der Waals surface area contributed by atoms with Crippen molar-refractivity contribution in [3.05, 3.63) is 47.5 Å². The van der Waals surface area contributed by atoms with E-state index in [1.165, 1.54) is 0 Å². The second-order valence-corrected chi connectivity index (χ2v) is 10.1. The van der Waals surface area contributed by atoms with Gasteiger partial charge >= 0.3 is 12.2 Å². The quantitative estimate of drug-likeness (QED) is 0.292. The number of hydrogen-bond acceptors (Lipinski definition) is 8. The molecule has 10 heteroatoms. The van der Waals surface area contributed by atoms with Crippen LogP contribution in [0.2, 0.25) is 0 Å². The smallest absolute Gasteiger partial charge is 0.407 e. The van der Waals surface area contributed by atoms with E-state index in [1.807, 2.05) is 0 Å². The third-order valence-electron chi connectivity index (χ3n) is 4.41. The number of hydrogen-bond donors (Lipinski definition) is 4. The number of alkyl carbamates (subject to hydrolysis) is 2. The zero-order valence-electron chi connectivity index (χ0n) is 21.9. The summed E-state index contributed by atoms with van der Waals surface area (Å²) in [4.78, 5) is 24.0. The second-order valence-electron chi connectivity index (χ2n) is 10.1. The Kier molecular flexibility index (Phi) is 9.66. The van der Waals surface area contributed by atoms with E-state index in [9.17, 15) is 9.59 Å². The van der Waals surface area contributed by atoms with Gasteiger partial charge in [-0.05, 0) is 77.9 Å². The highest BCUT2D eigenvalue weighted by Crippen LogP contribution is 2.23. The lowest BCUT2D eigenvalue weighted by Crippen LogP contribution is -2.32. The monoisotopic (exact) mass is 502 g/mol. The molecule has 0 aromatic heterocycles. The van der Waals surface area contributed by atoms with Gasteiger partial charge < -0.3 is 41.0 Å². The molecule has 2 aromatic carbocycles. The Morgan fingerprint density at radius 3 is 1.39 bits per heavy atom. The molecule has 2 rings (SSSR count). The van der Waals surface area contributed by atoms with Crippen molar-refractivity contribution in [2.75, 3.05) is 24.7 Å². The molecule has 0 saturated heterocycles. The van der Waals surface area contributed by atoms with E-state index in [-0.39, 0.29) is 26.3 Å². The van der Waals surface area contributed by atoms with Crippen molar-refractivity contribution in [1.82, 2.24) is 10.6 Å². The minimum absolute atomic E-state index is 0.189. The van der Waals surface area contributed by atoms with Crippen LogP contribution in [-0.4, -0.2) is 36.6 Å². The van der Waals surface area contributed by atoms with Crippen LogP contribution in [0.25, 0.3) is 0 Å². The Bertz CT molecular complexity index is 960. The molecule has 0 spiro atoms. The van der Waals surface area contributed by atoms with E-state index in [1.54, 1.807) is 77.9 Å². The lowest BCUT2D eigenvalue weighted by atomic mass is 10.1. The average molecular weight is 503 g/mol. The first-order chi connectivity index (χ1) is 16.7. The average Bonchev–Trinajstić information content (AvgIpc) is 2.73. The zero-order valence-corrected chi connectivity index (χ0v) is 21.9. The molecule has 0 aliphatic carbocycles. The number of nitrogens with one attached hydrogen (secondary N) is 2. The van der Waals surface area contributed by atoms with Crippen molar-refractivity contribution in [2.24, 2.45) is 0 Å². The number of benzene rings is 2. The van der Waals surface area contributed by atoms with E-state index in [0.29, 0.717) is 34.0 Å². The zero-order chi connectivity index (χ0) is 26.9. The minimum atomic E-state index is -0.597. The summed E-state index contributed by atoms with van der Waals surface area (Å²) in [5.41, 5.74) is 13.1. The molecule has 0 fully saturated rings.